The molecule has 2 amide bonds. The molecule has 6 nitrogen and oxygen atoms in total. The van der Waals surface area contributed by atoms with Crippen LogP contribution in [-0.2, 0) is 22.6 Å². The Kier molecular flexibility index (Phi) is 7.43. The van der Waals surface area contributed by atoms with E-state index in [9.17, 15) is 9.59 Å². The first-order chi connectivity index (χ1) is 15.6. The number of piperidine rings is 2. The van der Waals surface area contributed by atoms with Gasteiger partial charge in [0.15, 0.2) is 0 Å². The Balaban J connectivity index is 1.23. The zero-order valence-corrected chi connectivity index (χ0v) is 18.7. The third kappa shape index (κ3) is 5.88. The second kappa shape index (κ2) is 10.6. The van der Waals surface area contributed by atoms with E-state index in [1.807, 2.05) is 30.3 Å². The molecule has 3 N–H and O–H groups in total. The zero-order valence-electron chi connectivity index (χ0n) is 18.7. The van der Waals surface area contributed by atoms with Crippen molar-refractivity contribution in [3.63, 3.8) is 0 Å². The van der Waals surface area contributed by atoms with Gasteiger partial charge < -0.3 is 16.0 Å². The van der Waals surface area contributed by atoms with Crippen molar-refractivity contribution in [1.82, 2.24) is 10.2 Å². The third-order valence-electron chi connectivity index (χ3n) is 6.83. The van der Waals surface area contributed by atoms with Gasteiger partial charge in [0.05, 0.1) is 12.3 Å². The van der Waals surface area contributed by atoms with Crippen LogP contribution < -0.4 is 16.0 Å². The van der Waals surface area contributed by atoms with Gasteiger partial charge >= 0.3 is 0 Å². The molecule has 2 heterocycles. The number of nitrogens with zero attached hydrogens (tertiary/aromatic N) is 2. The van der Waals surface area contributed by atoms with E-state index in [4.69, 9.17) is 5.73 Å². The van der Waals surface area contributed by atoms with Gasteiger partial charge in [0.25, 0.3) is 0 Å². The van der Waals surface area contributed by atoms with Gasteiger partial charge in [-0.1, -0.05) is 42.5 Å². The molecule has 32 heavy (non-hydrogen) atoms. The highest BCUT2D eigenvalue weighted by Crippen LogP contribution is 2.26. The number of nitrogens with two attached hydrogens (primary N) is 1. The molecule has 0 spiro atoms. The van der Waals surface area contributed by atoms with Crippen molar-refractivity contribution in [2.75, 3.05) is 31.1 Å². The number of carbonyl (C=O) groups is 2. The van der Waals surface area contributed by atoms with Crippen LogP contribution in [0.3, 0.4) is 0 Å². The minimum atomic E-state index is -0.152. The summed E-state index contributed by atoms with van der Waals surface area (Å²) in [6, 6.07) is 18.9. The van der Waals surface area contributed by atoms with Gasteiger partial charge in [0.2, 0.25) is 11.8 Å². The van der Waals surface area contributed by atoms with Crippen molar-refractivity contribution in [1.29, 1.82) is 0 Å². The van der Waals surface area contributed by atoms with Gasteiger partial charge in [-0.2, -0.15) is 0 Å². The molecule has 2 aromatic rings. The molecule has 0 aliphatic carbocycles. The summed E-state index contributed by atoms with van der Waals surface area (Å²) in [6.45, 7) is 4.49. The number of anilines is 1. The summed E-state index contributed by atoms with van der Waals surface area (Å²) in [5.74, 6) is -0.0987. The number of benzene rings is 2. The summed E-state index contributed by atoms with van der Waals surface area (Å²) in [6.07, 6.45) is 4.60. The Morgan fingerprint density at radius 3 is 2.31 bits per heavy atom. The van der Waals surface area contributed by atoms with Crippen LogP contribution in [0, 0.1) is 5.92 Å². The molecule has 0 aromatic heterocycles. The SMILES string of the molecule is NC(=O)C1CCCN(C2CCN(c3ccc(CC(=O)NCc4ccccc4)cc3)CC2)C1. The molecule has 2 aliphatic rings. The second-order valence-electron chi connectivity index (χ2n) is 9.06. The number of carbonyl (C=O) groups excluding carboxylic acids is 2. The lowest BCUT2D eigenvalue weighted by atomic mass is 9.93. The molecule has 0 saturated carbocycles. The first-order valence-corrected chi connectivity index (χ1v) is 11.8. The van der Waals surface area contributed by atoms with Gasteiger partial charge in [-0.15, -0.1) is 0 Å². The maximum absolute atomic E-state index is 12.3. The fourth-order valence-electron chi connectivity index (χ4n) is 4.93. The van der Waals surface area contributed by atoms with Gasteiger partial charge in [-0.25, -0.2) is 0 Å². The van der Waals surface area contributed by atoms with Crippen molar-refractivity contribution in [2.45, 2.75) is 44.7 Å². The van der Waals surface area contributed by atoms with Crippen LogP contribution in [0.4, 0.5) is 5.69 Å². The van der Waals surface area contributed by atoms with Crippen molar-refractivity contribution in [3.8, 4) is 0 Å². The molecule has 170 valence electrons. The molecule has 6 heteroatoms. The molecule has 4 rings (SSSR count). The Morgan fingerprint density at radius 2 is 1.62 bits per heavy atom. The molecule has 0 bridgehead atoms. The largest absolute Gasteiger partial charge is 0.371 e. The van der Waals surface area contributed by atoms with Crippen LogP contribution in [0.1, 0.15) is 36.8 Å². The number of rotatable bonds is 7. The van der Waals surface area contributed by atoms with E-state index >= 15 is 0 Å². The summed E-state index contributed by atoms with van der Waals surface area (Å²) in [4.78, 5) is 28.7. The quantitative estimate of drug-likeness (QED) is 0.702. The summed E-state index contributed by atoms with van der Waals surface area (Å²) >= 11 is 0. The molecule has 0 radical (unpaired) electrons. The van der Waals surface area contributed by atoms with E-state index in [1.165, 1.54) is 5.69 Å². The lowest BCUT2D eigenvalue weighted by Crippen LogP contribution is -2.50. The minimum Gasteiger partial charge on any atom is -0.371 e. The van der Waals surface area contributed by atoms with E-state index in [0.717, 1.165) is 63.0 Å². The topological polar surface area (TPSA) is 78.7 Å². The minimum absolute atomic E-state index is 0.0132. The fraction of sp³-hybridized carbons (Fsp3) is 0.462. The first-order valence-electron chi connectivity index (χ1n) is 11.8. The monoisotopic (exact) mass is 434 g/mol. The lowest BCUT2D eigenvalue weighted by Gasteiger charge is -2.42. The number of primary amides is 1. The van der Waals surface area contributed by atoms with Crippen LogP contribution in [0.25, 0.3) is 0 Å². The Hall–Kier alpha value is -2.86. The van der Waals surface area contributed by atoms with Gasteiger partial charge in [-0.05, 0) is 55.5 Å². The molecular formula is C26H34N4O2. The normalized spacial score (nSPS) is 20.1. The molecule has 2 aliphatic heterocycles. The van der Waals surface area contributed by atoms with E-state index in [-0.39, 0.29) is 17.7 Å². The summed E-state index contributed by atoms with van der Waals surface area (Å²) in [5, 5.41) is 2.99. The van der Waals surface area contributed by atoms with E-state index in [2.05, 4.69) is 39.4 Å². The highest BCUT2D eigenvalue weighted by atomic mass is 16.2. The van der Waals surface area contributed by atoms with Crippen LogP contribution in [0.2, 0.25) is 0 Å². The summed E-state index contributed by atoms with van der Waals surface area (Å²) < 4.78 is 0. The Labute approximate surface area is 190 Å². The number of likely N-dealkylation sites (tertiary alicyclic amines) is 1. The fourth-order valence-corrected chi connectivity index (χ4v) is 4.93. The lowest BCUT2D eigenvalue weighted by molar-refractivity contribution is -0.124. The maximum atomic E-state index is 12.3. The van der Waals surface area contributed by atoms with Crippen molar-refractivity contribution in [3.05, 3.63) is 65.7 Å². The number of nitrogens with one attached hydrogen (secondary N) is 1. The standard InChI is InChI=1S/C26H34N4O2/c27-26(32)22-7-4-14-30(19-22)24-12-15-29(16-13-24)23-10-8-20(9-11-23)17-25(31)28-18-21-5-2-1-3-6-21/h1-3,5-6,8-11,22,24H,4,7,12-19H2,(H2,27,32)(H,28,31). The summed E-state index contributed by atoms with van der Waals surface area (Å²) in [5.41, 5.74) is 8.89. The molecule has 2 fully saturated rings. The third-order valence-corrected chi connectivity index (χ3v) is 6.83. The van der Waals surface area contributed by atoms with E-state index in [1.54, 1.807) is 0 Å². The maximum Gasteiger partial charge on any atom is 0.224 e. The van der Waals surface area contributed by atoms with Gasteiger partial charge in [0, 0.05) is 37.9 Å². The molecular weight excluding hydrogens is 400 g/mol. The van der Waals surface area contributed by atoms with E-state index in [0.29, 0.717) is 19.0 Å². The van der Waals surface area contributed by atoms with Crippen LogP contribution >= 0.6 is 0 Å². The molecule has 1 unspecified atom stereocenters. The predicted octanol–water partition coefficient (Wildman–Crippen LogP) is 2.71. The molecule has 2 aromatic carbocycles. The van der Waals surface area contributed by atoms with E-state index < -0.39 is 0 Å². The van der Waals surface area contributed by atoms with Gasteiger partial charge in [-0.3, -0.25) is 14.5 Å². The predicted molar refractivity (Wildman–Crippen MR) is 127 cm³/mol. The van der Waals surface area contributed by atoms with Crippen molar-refractivity contribution < 1.29 is 9.59 Å². The second-order valence-corrected chi connectivity index (χ2v) is 9.06. The number of amides is 2. The van der Waals surface area contributed by atoms with Crippen molar-refractivity contribution in [2.24, 2.45) is 11.7 Å². The Morgan fingerprint density at radius 1 is 0.906 bits per heavy atom. The van der Waals surface area contributed by atoms with Crippen molar-refractivity contribution >= 4 is 17.5 Å². The van der Waals surface area contributed by atoms with Crippen LogP contribution in [0.15, 0.2) is 54.6 Å². The highest BCUT2D eigenvalue weighted by molar-refractivity contribution is 5.78. The van der Waals surface area contributed by atoms with Gasteiger partial charge in [0.1, 0.15) is 0 Å². The molecule has 1 atom stereocenters. The van der Waals surface area contributed by atoms with Crippen LogP contribution in [0.5, 0.6) is 0 Å². The average molecular weight is 435 g/mol. The Bertz CT molecular complexity index is 892. The van der Waals surface area contributed by atoms with Crippen LogP contribution in [-0.4, -0.2) is 48.9 Å². The average Bonchev–Trinajstić information content (AvgIpc) is 2.84. The number of hydrogen-bond acceptors (Lipinski definition) is 4. The smallest absolute Gasteiger partial charge is 0.224 e. The highest BCUT2D eigenvalue weighted by Gasteiger charge is 2.30. The first kappa shape index (κ1) is 22.3. The number of hydrogen-bond donors (Lipinski definition) is 2. The summed E-state index contributed by atoms with van der Waals surface area (Å²) in [7, 11) is 0. The molecule has 2 saturated heterocycles. The zero-order chi connectivity index (χ0) is 22.3.